The Morgan fingerprint density at radius 2 is 1.76 bits per heavy atom. The van der Waals surface area contributed by atoms with E-state index in [9.17, 15) is 35.4 Å². The van der Waals surface area contributed by atoms with Gasteiger partial charge in [-0.1, -0.05) is 6.07 Å². The predicted octanol–water partition coefficient (Wildman–Crippen LogP) is 0.0585. The van der Waals surface area contributed by atoms with Gasteiger partial charge in [-0.3, -0.25) is 4.79 Å². The Kier molecular flexibility index (Phi) is 6.15. The number of aliphatic hydroxyl groups is 4. The second-order valence-electron chi connectivity index (χ2n) is 7.46. The van der Waals surface area contributed by atoms with E-state index in [0.29, 0.717) is 0 Å². The van der Waals surface area contributed by atoms with E-state index >= 15 is 0 Å². The number of hydrogen-bond acceptors (Lipinski definition) is 11. The maximum atomic E-state index is 12.7. The van der Waals surface area contributed by atoms with E-state index in [1.165, 1.54) is 37.4 Å². The van der Waals surface area contributed by atoms with Gasteiger partial charge < -0.3 is 49.3 Å². The summed E-state index contributed by atoms with van der Waals surface area (Å²) < 4.78 is 21.8. The van der Waals surface area contributed by atoms with Gasteiger partial charge >= 0.3 is 0 Å². The molecule has 1 fully saturated rings. The van der Waals surface area contributed by atoms with Gasteiger partial charge in [0.2, 0.25) is 6.29 Å². The van der Waals surface area contributed by atoms with Gasteiger partial charge in [0, 0.05) is 18.2 Å². The molecular formula is C22H22O11. The smallest absolute Gasteiger partial charge is 0.229 e. The van der Waals surface area contributed by atoms with Gasteiger partial charge in [-0.25, -0.2) is 0 Å². The van der Waals surface area contributed by atoms with E-state index in [0.717, 1.165) is 6.07 Å². The summed E-state index contributed by atoms with van der Waals surface area (Å²) >= 11 is 0. The Morgan fingerprint density at radius 1 is 1.00 bits per heavy atom. The minimum absolute atomic E-state index is 0.0172. The second kappa shape index (κ2) is 8.89. The van der Waals surface area contributed by atoms with Crippen LogP contribution in [0.25, 0.3) is 22.3 Å². The van der Waals surface area contributed by atoms with Gasteiger partial charge in [-0.05, 0) is 12.1 Å². The number of ether oxygens (including phenoxy) is 3. The summed E-state index contributed by atoms with van der Waals surface area (Å²) in [4.78, 5) is 12.7. The molecule has 1 saturated heterocycles. The molecule has 0 bridgehead atoms. The van der Waals surface area contributed by atoms with Crippen LogP contribution in [0.2, 0.25) is 0 Å². The fourth-order valence-electron chi connectivity index (χ4n) is 3.64. The van der Waals surface area contributed by atoms with E-state index < -0.39 is 42.7 Å². The molecule has 33 heavy (non-hydrogen) atoms. The van der Waals surface area contributed by atoms with E-state index in [1.54, 1.807) is 0 Å². The molecule has 11 nitrogen and oxygen atoms in total. The highest BCUT2D eigenvalue weighted by molar-refractivity contribution is 5.87. The molecule has 0 unspecified atom stereocenters. The van der Waals surface area contributed by atoms with Crippen LogP contribution in [-0.4, -0.2) is 75.1 Å². The number of hydrogen-bond donors (Lipinski definition) is 6. The molecule has 0 amide bonds. The lowest BCUT2D eigenvalue weighted by atomic mass is 9.99. The maximum Gasteiger partial charge on any atom is 0.229 e. The standard InChI is InChI=1S/C22H22O11/c1-30-9-5-11(25)17-12(26)7-15(31-14(17)6-9)18-10(24)3-2-4-13(18)32-22-21(29)20(28)19(27)16(8-23)33-22/h2-7,16,19-25,27-29H,8H2,1H3/t16-,19-,20+,21+,22-/m1/s1. The average molecular weight is 462 g/mol. The number of phenols is 2. The van der Waals surface area contributed by atoms with Crippen LogP contribution in [0.15, 0.2) is 45.6 Å². The largest absolute Gasteiger partial charge is 0.507 e. The lowest BCUT2D eigenvalue weighted by molar-refractivity contribution is -0.277. The molecule has 0 saturated carbocycles. The first-order valence-electron chi connectivity index (χ1n) is 9.89. The zero-order chi connectivity index (χ0) is 23.9. The molecule has 2 heterocycles. The second-order valence-corrected chi connectivity index (χ2v) is 7.46. The Labute approximate surface area is 186 Å². The summed E-state index contributed by atoms with van der Waals surface area (Å²) in [5.74, 6) is -0.673. The Bertz CT molecular complexity index is 1220. The fraction of sp³-hybridized carbons (Fsp3) is 0.318. The minimum atomic E-state index is -1.69. The molecule has 5 atom stereocenters. The van der Waals surface area contributed by atoms with Crippen molar-refractivity contribution in [3.63, 3.8) is 0 Å². The summed E-state index contributed by atoms with van der Waals surface area (Å²) in [6, 6.07) is 7.81. The van der Waals surface area contributed by atoms with Crippen molar-refractivity contribution in [3.8, 4) is 34.3 Å². The van der Waals surface area contributed by atoms with E-state index in [2.05, 4.69) is 0 Å². The van der Waals surface area contributed by atoms with Crippen LogP contribution in [0.1, 0.15) is 0 Å². The number of fused-ring (bicyclic) bond motifs is 1. The first-order valence-corrected chi connectivity index (χ1v) is 9.89. The third kappa shape index (κ3) is 4.08. The number of rotatable bonds is 5. The van der Waals surface area contributed by atoms with Gasteiger partial charge in [-0.2, -0.15) is 0 Å². The van der Waals surface area contributed by atoms with Crippen molar-refractivity contribution in [1.82, 2.24) is 0 Å². The Hall–Kier alpha value is -3.35. The first-order chi connectivity index (χ1) is 15.7. The molecule has 0 aliphatic carbocycles. The van der Waals surface area contributed by atoms with Crippen LogP contribution in [0, 0.1) is 0 Å². The van der Waals surface area contributed by atoms with Gasteiger partial charge in [-0.15, -0.1) is 0 Å². The highest BCUT2D eigenvalue weighted by Crippen LogP contribution is 2.40. The molecule has 6 N–H and O–H groups in total. The summed E-state index contributed by atoms with van der Waals surface area (Å²) in [5, 5.41) is 60.1. The summed E-state index contributed by atoms with van der Waals surface area (Å²) in [6.45, 7) is -0.650. The van der Waals surface area contributed by atoms with Crippen LogP contribution in [0.5, 0.6) is 23.0 Å². The molecule has 3 aromatic rings. The van der Waals surface area contributed by atoms with Crippen molar-refractivity contribution in [2.75, 3.05) is 13.7 Å². The third-order valence-electron chi connectivity index (χ3n) is 5.36. The molecule has 11 heteroatoms. The molecule has 2 aromatic carbocycles. The molecule has 0 radical (unpaired) electrons. The van der Waals surface area contributed by atoms with E-state index in [4.69, 9.17) is 18.6 Å². The normalized spacial score (nSPS) is 25.2. The SMILES string of the molecule is COc1cc(O)c2c(=O)cc(-c3c(O)cccc3O[C@@H]3O[C@H](CO)[C@@H](O)[C@H](O)[C@@H]3O)oc2c1. The number of aromatic hydroxyl groups is 2. The molecule has 1 aromatic heterocycles. The van der Waals surface area contributed by atoms with Crippen LogP contribution < -0.4 is 14.9 Å². The lowest BCUT2D eigenvalue weighted by Gasteiger charge is -2.39. The number of phenolic OH excluding ortho intramolecular Hbond substituents is 2. The average Bonchev–Trinajstić information content (AvgIpc) is 2.78. The van der Waals surface area contributed by atoms with Crippen molar-refractivity contribution in [1.29, 1.82) is 0 Å². The van der Waals surface area contributed by atoms with Gasteiger partial charge in [0.1, 0.15) is 69.7 Å². The number of benzene rings is 2. The summed E-state index contributed by atoms with van der Waals surface area (Å²) in [7, 11) is 1.37. The van der Waals surface area contributed by atoms with Crippen molar-refractivity contribution in [3.05, 3.63) is 46.6 Å². The van der Waals surface area contributed by atoms with Crippen molar-refractivity contribution in [2.24, 2.45) is 0 Å². The monoisotopic (exact) mass is 462 g/mol. The zero-order valence-corrected chi connectivity index (χ0v) is 17.3. The van der Waals surface area contributed by atoms with Crippen LogP contribution in [0.4, 0.5) is 0 Å². The van der Waals surface area contributed by atoms with Gasteiger partial charge in [0.15, 0.2) is 5.43 Å². The lowest BCUT2D eigenvalue weighted by Crippen LogP contribution is -2.60. The molecule has 4 rings (SSSR count). The molecule has 0 spiro atoms. The maximum absolute atomic E-state index is 12.7. The van der Waals surface area contributed by atoms with Crippen LogP contribution in [0.3, 0.4) is 0 Å². The first kappa shape index (κ1) is 22.8. The third-order valence-corrected chi connectivity index (χ3v) is 5.36. The number of methoxy groups -OCH3 is 1. The zero-order valence-electron chi connectivity index (χ0n) is 17.3. The van der Waals surface area contributed by atoms with Crippen LogP contribution >= 0.6 is 0 Å². The fourth-order valence-corrected chi connectivity index (χ4v) is 3.64. The molecular weight excluding hydrogens is 440 g/mol. The van der Waals surface area contributed by atoms with Gasteiger partial charge in [0.25, 0.3) is 0 Å². The van der Waals surface area contributed by atoms with Crippen molar-refractivity contribution >= 4 is 11.0 Å². The summed E-state index contributed by atoms with van der Waals surface area (Å²) in [6.07, 6.45) is -7.67. The quantitative estimate of drug-likeness (QED) is 0.302. The van der Waals surface area contributed by atoms with E-state index in [-0.39, 0.29) is 45.3 Å². The molecule has 176 valence electrons. The topological polar surface area (TPSA) is 179 Å². The minimum Gasteiger partial charge on any atom is -0.507 e. The Balaban J connectivity index is 1.79. The summed E-state index contributed by atoms with van der Waals surface area (Å²) in [5.41, 5.74) is -0.694. The van der Waals surface area contributed by atoms with Gasteiger partial charge in [0.05, 0.1) is 13.7 Å². The number of aliphatic hydroxyl groups excluding tert-OH is 4. The van der Waals surface area contributed by atoms with E-state index in [1.807, 2.05) is 0 Å². The van der Waals surface area contributed by atoms with Crippen LogP contribution in [-0.2, 0) is 4.74 Å². The molecule has 1 aliphatic heterocycles. The highest BCUT2D eigenvalue weighted by Gasteiger charge is 2.45. The van der Waals surface area contributed by atoms with Crippen molar-refractivity contribution < 1.29 is 49.3 Å². The molecule has 1 aliphatic rings. The predicted molar refractivity (Wildman–Crippen MR) is 112 cm³/mol. The Morgan fingerprint density at radius 3 is 2.45 bits per heavy atom. The van der Waals surface area contributed by atoms with Crippen molar-refractivity contribution in [2.45, 2.75) is 30.7 Å². The highest BCUT2D eigenvalue weighted by atomic mass is 16.7.